The number of aliphatic hydroxyl groups is 5. The lowest BCUT2D eigenvalue weighted by molar-refractivity contribution is -0.0948. The molecule has 0 saturated heterocycles. The summed E-state index contributed by atoms with van der Waals surface area (Å²) in [7, 11) is 0. The highest BCUT2D eigenvalue weighted by atomic mass is 16.4. The van der Waals surface area contributed by atoms with Crippen molar-refractivity contribution in [3.63, 3.8) is 0 Å². The van der Waals surface area contributed by atoms with Gasteiger partial charge in [-0.3, -0.25) is 0 Å². The highest BCUT2D eigenvalue weighted by molar-refractivity contribution is 5.19. The van der Waals surface area contributed by atoms with Crippen molar-refractivity contribution in [3.8, 4) is 0 Å². The molecule has 0 aromatic carbocycles. The minimum atomic E-state index is -1.44. The quantitative estimate of drug-likeness (QED) is 0.281. The van der Waals surface area contributed by atoms with Gasteiger partial charge >= 0.3 is 0 Å². The number of hydrogen-bond acceptors (Lipinski definition) is 5. The molecule has 0 fully saturated rings. The zero-order chi connectivity index (χ0) is 9.30. The molecule has 0 spiro atoms. The molecule has 5 nitrogen and oxygen atoms in total. The van der Waals surface area contributed by atoms with Crippen LogP contribution in [0.3, 0.4) is 0 Å². The van der Waals surface area contributed by atoms with Gasteiger partial charge in [-0.1, -0.05) is 0 Å². The predicted octanol–water partition coefficient (Wildman–Crippen LogP) is -2.64. The van der Waals surface area contributed by atoms with Crippen LogP contribution in [-0.2, 0) is 0 Å². The Morgan fingerprint density at radius 3 is 2.17 bits per heavy atom. The standard InChI is InChI=1S/C7H12O5/c8-2-3-1-4(9)6(11)7(12)5(3)10/h1,4-12H,2H2/t4-,5+,6-,7-/m1/s1. The second-order valence-electron chi connectivity index (χ2n) is 2.82. The molecule has 0 bridgehead atoms. The van der Waals surface area contributed by atoms with Crippen LogP contribution in [0.15, 0.2) is 11.6 Å². The Kier molecular flexibility index (Phi) is 2.81. The van der Waals surface area contributed by atoms with Crippen molar-refractivity contribution >= 4 is 0 Å². The van der Waals surface area contributed by atoms with E-state index in [0.717, 1.165) is 6.08 Å². The molecule has 0 aliphatic heterocycles. The number of aliphatic hydroxyl groups excluding tert-OH is 5. The van der Waals surface area contributed by atoms with Crippen LogP contribution in [0.5, 0.6) is 0 Å². The fraction of sp³-hybridized carbons (Fsp3) is 0.714. The van der Waals surface area contributed by atoms with E-state index >= 15 is 0 Å². The Morgan fingerprint density at radius 1 is 1.08 bits per heavy atom. The number of rotatable bonds is 1. The molecule has 5 N–H and O–H groups in total. The summed E-state index contributed by atoms with van der Waals surface area (Å²) < 4.78 is 0. The zero-order valence-electron chi connectivity index (χ0n) is 6.33. The average Bonchev–Trinajstić information content (AvgIpc) is 2.08. The first-order valence-electron chi connectivity index (χ1n) is 3.61. The average molecular weight is 176 g/mol. The summed E-state index contributed by atoms with van der Waals surface area (Å²) >= 11 is 0. The minimum Gasteiger partial charge on any atom is -0.392 e. The van der Waals surface area contributed by atoms with Crippen molar-refractivity contribution in [3.05, 3.63) is 11.6 Å². The van der Waals surface area contributed by atoms with Crippen molar-refractivity contribution in [1.82, 2.24) is 0 Å². The molecular weight excluding hydrogens is 164 g/mol. The van der Waals surface area contributed by atoms with E-state index in [4.69, 9.17) is 20.4 Å². The maximum absolute atomic E-state index is 9.18. The third-order valence-electron chi connectivity index (χ3n) is 1.97. The Bertz CT molecular complexity index is 190. The van der Waals surface area contributed by atoms with E-state index in [2.05, 4.69) is 0 Å². The fourth-order valence-electron chi connectivity index (χ4n) is 1.17. The lowest BCUT2D eigenvalue weighted by Crippen LogP contribution is -2.48. The van der Waals surface area contributed by atoms with Crippen LogP contribution in [-0.4, -0.2) is 56.6 Å². The molecule has 1 aliphatic rings. The summed E-state index contributed by atoms with van der Waals surface area (Å²) in [6.45, 7) is -0.442. The van der Waals surface area contributed by atoms with Gasteiger partial charge in [0.2, 0.25) is 0 Å². The van der Waals surface area contributed by atoms with Gasteiger partial charge in [0.25, 0.3) is 0 Å². The molecule has 0 unspecified atom stereocenters. The SMILES string of the molecule is OCC1=C[C@@H](O)[C@@H](O)[C@H](O)[C@H]1O. The van der Waals surface area contributed by atoms with Gasteiger partial charge in [-0.25, -0.2) is 0 Å². The van der Waals surface area contributed by atoms with Gasteiger partial charge < -0.3 is 25.5 Å². The van der Waals surface area contributed by atoms with Crippen LogP contribution in [0.2, 0.25) is 0 Å². The maximum Gasteiger partial charge on any atom is 0.112 e. The van der Waals surface area contributed by atoms with Crippen LogP contribution in [0.4, 0.5) is 0 Å². The van der Waals surface area contributed by atoms with E-state index in [1.165, 1.54) is 0 Å². The zero-order valence-corrected chi connectivity index (χ0v) is 6.33. The van der Waals surface area contributed by atoms with Crippen LogP contribution >= 0.6 is 0 Å². The highest BCUT2D eigenvalue weighted by Crippen LogP contribution is 2.19. The molecule has 1 aliphatic carbocycles. The van der Waals surface area contributed by atoms with E-state index < -0.39 is 31.0 Å². The largest absolute Gasteiger partial charge is 0.392 e. The molecule has 0 saturated carbocycles. The topological polar surface area (TPSA) is 101 Å². The van der Waals surface area contributed by atoms with Crippen LogP contribution in [0, 0.1) is 0 Å². The van der Waals surface area contributed by atoms with E-state index in [1.54, 1.807) is 0 Å². The summed E-state index contributed by atoms with van der Waals surface area (Å²) in [6.07, 6.45) is -4.22. The van der Waals surface area contributed by atoms with Crippen molar-refractivity contribution < 1.29 is 25.5 Å². The first kappa shape index (κ1) is 9.63. The molecule has 0 radical (unpaired) electrons. The van der Waals surface area contributed by atoms with E-state index in [1.807, 2.05) is 0 Å². The molecule has 12 heavy (non-hydrogen) atoms. The van der Waals surface area contributed by atoms with Gasteiger partial charge in [-0.05, 0) is 11.6 Å². The summed E-state index contributed by atoms with van der Waals surface area (Å²) in [6, 6.07) is 0. The predicted molar refractivity (Wildman–Crippen MR) is 39.2 cm³/mol. The molecular formula is C7H12O5. The van der Waals surface area contributed by atoms with Crippen molar-refractivity contribution in [2.75, 3.05) is 6.61 Å². The summed E-state index contributed by atoms with van der Waals surface area (Å²) in [5, 5.41) is 45.0. The lowest BCUT2D eigenvalue weighted by atomic mass is 9.90. The van der Waals surface area contributed by atoms with Crippen molar-refractivity contribution in [1.29, 1.82) is 0 Å². The fourth-order valence-corrected chi connectivity index (χ4v) is 1.17. The Labute approximate surface area is 69.2 Å². The van der Waals surface area contributed by atoms with Gasteiger partial charge in [0.05, 0.1) is 6.61 Å². The molecule has 0 heterocycles. The molecule has 70 valence electrons. The van der Waals surface area contributed by atoms with Crippen molar-refractivity contribution in [2.45, 2.75) is 24.4 Å². The van der Waals surface area contributed by atoms with Gasteiger partial charge in [0, 0.05) is 0 Å². The highest BCUT2D eigenvalue weighted by Gasteiger charge is 2.35. The van der Waals surface area contributed by atoms with Gasteiger partial charge in [-0.15, -0.1) is 0 Å². The summed E-state index contributed by atoms with van der Waals surface area (Å²) in [4.78, 5) is 0. The molecule has 0 amide bonds. The van der Waals surface area contributed by atoms with Crippen LogP contribution in [0.25, 0.3) is 0 Å². The number of hydrogen-bond donors (Lipinski definition) is 5. The lowest BCUT2D eigenvalue weighted by Gasteiger charge is -2.31. The molecule has 0 aromatic rings. The maximum atomic E-state index is 9.18. The Hall–Kier alpha value is -0.460. The molecule has 4 atom stereocenters. The summed E-state index contributed by atoms with van der Waals surface area (Å²) in [5.74, 6) is 0. The second kappa shape index (κ2) is 3.51. The van der Waals surface area contributed by atoms with Crippen molar-refractivity contribution in [2.24, 2.45) is 0 Å². The van der Waals surface area contributed by atoms with Crippen LogP contribution < -0.4 is 0 Å². The normalized spacial score (nSPS) is 42.6. The Balaban J connectivity index is 2.84. The summed E-state index contributed by atoms with van der Waals surface area (Å²) in [5.41, 5.74) is 0.125. The molecule has 0 aromatic heterocycles. The van der Waals surface area contributed by atoms with E-state index in [9.17, 15) is 5.11 Å². The molecule has 1 rings (SSSR count). The van der Waals surface area contributed by atoms with Gasteiger partial charge in [-0.2, -0.15) is 0 Å². The minimum absolute atomic E-state index is 0.125. The first-order valence-corrected chi connectivity index (χ1v) is 3.61. The van der Waals surface area contributed by atoms with E-state index in [-0.39, 0.29) is 5.57 Å². The Morgan fingerprint density at radius 2 is 1.67 bits per heavy atom. The third-order valence-corrected chi connectivity index (χ3v) is 1.97. The smallest absolute Gasteiger partial charge is 0.112 e. The van der Waals surface area contributed by atoms with Gasteiger partial charge in [0.1, 0.15) is 24.4 Å². The van der Waals surface area contributed by atoms with Gasteiger partial charge in [0.15, 0.2) is 0 Å². The first-order chi connectivity index (χ1) is 5.57. The third kappa shape index (κ3) is 1.50. The monoisotopic (exact) mass is 176 g/mol. The second-order valence-corrected chi connectivity index (χ2v) is 2.82. The van der Waals surface area contributed by atoms with E-state index in [0.29, 0.717) is 0 Å². The molecule has 5 heteroatoms. The van der Waals surface area contributed by atoms with Crippen LogP contribution in [0.1, 0.15) is 0 Å².